The van der Waals surface area contributed by atoms with Gasteiger partial charge in [-0.25, -0.2) is 9.97 Å². The smallest absolute Gasteiger partial charge is 0.234 e. The molecule has 0 aliphatic carbocycles. The minimum absolute atomic E-state index is 0.00371. The second-order valence-corrected chi connectivity index (χ2v) is 5.57. The maximum atomic E-state index is 12.0. The van der Waals surface area contributed by atoms with Gasteiger partial charge in [0.15, 0.2) is 5.82 Å². The number of morpholine rings is 1. The zero-order chi connectivity index (χ0) is 15.2. The highest BCUT2D eigenvalue weighted by Crippen LogP contribution is 2.25. The first-order chi connectivity index (χ1) is 10.8. The van der Waals surface area contributed by atoms with E-state index in [-0.39, 0.29) is 12.0 Å². The summed E-state index contributed by atoms with van der Waals surface area (Å²) < 4.78 is 10.9. The molecule has 1 aromatic rings. The van der Waals surface area contributed by atoms with Gasteiger partial charge in [0.25, 0.3) is 0 Å². The van der Waals surface area contributed by atoms with Crippen molar-refractivity contribution in [3.8, 4) is 0 Å². The maximum absolute atomic E-state index is 12.0. The Kier molecular flexibility index (Phi) is 5.31. The lowest BCUT2D eigenvalue weighted by Crippen LogP contribution is -2.43. The predicted octanol–water partition coefficient (Wildman–Crippen LogP) is 0.277. The highest BCUT2D eigenvalue weighted by Gasteiger charge is 2.20. The zero-order valence-electron chi connectivity index (χ0n) is 12.7. The lowest BCUT2D eigenvalue weighted by molar-refractivity contribution is -0.123. The van der Waals surface area contributed by atoms with Gasteiger partial charge in [0.1, 0.15) is 6.10 Å². The first-order valence-corrected chi connectivity index (χ1v) is 7.81. The molecule has 7 heteroatoms. The van der Waals surface area contributed by atoms with Gasteiger partial charge in [0.05, 0.1) is 32.0 Å². The van der Waals surface area contributed by atoms with Crippen molar-refractivity contribution in [1.29, 1.82) is 0 Å². The van der Waals surface area contributed by atoms with Crippen LogP contribution in [0, 0.1) is 0 Å². The Balaban J connectivity index is 1.48. The van der Waals surface area contributed by atoms with Gasteiger partial charge in [-0.05, 0) is 18.9 Å². The molecule has 2 saturated heterocycles. The number of carbonyl (C=O) groups is 1. The molecule has 1 atom stereocenters. The summed E-state index contributed by atoms with van der Waals surface area (Å²) >= 11 is 0. The summed E-state index contributed by atoms with van der Waals surface area (Å²) in [6.45, 7) is 4.62. The van der Waals surface area contributed by atoms with Crippen LogP contribution < -0.4 is 5.32 Å². The Morgan fingerprint density at radius 1 is 1.36 bits per heavy atom. The van der Waals surface area contributed by atoms with Crippen molar-refractivity contribution in [2.75, 3.05) is 39.5 Å². The summed E-state index contributed by atoms with van der Waals surface area (Å²) in [5, 5.41) is 2.91. The average molecular weight is 306 g/mol. The van der Waals surface area contributed by atoms with E-state index in [1.807, 2.05) is 6.07 Å². The van der Waals surface area contributed by atoms with Crippen molar-refractivity contribution in [3.63, 3.8) is 0 Å². The molecular formula is C15H22N4O3. The molecule has 0 bridgehead atoms. The molecule has 22 heavy (non-hydrogen) atoms. The Bertz CT molecular complexity index is 499. The second kappa shape index (κ2) is 7.62. The Labute approximate surface area is 130 Å². The van der Waals surface area contributed by atoms with Crippen molar-refractivity contribution < 1.29 is 14.3 Å². The van der Waals surface area contributed by atoms with Crippen molar-refractivity contribution in [2.45, 2.75) is 25.5 Å². The normalized spacial score (nSPS) is 22.6. The summed E-state index contributed by atoms with van der Waals surface area (Å²) in [6.07, 6.45) is 3.75. The van der Waals surface area contributed by atoms with Crippen LogP contribution in [0.5, 0.6) is 0 Å². The zero-order valence-corrected chi connectivity index (χ0v) is 12.7. The number of amides is 1. The van der Waals surface area contributed by atoms with E-state index in [0.29, 0.717) is 26.3 Å². The molecule has 0 spiro atoms. The number of carbonyl (C=O) groups excluding carboxylic acids is 1. The van der Waals surface area contributed by atoms with Crippen LogP contribution in [-0.4, -0.2) is 60.2 Å². The Morgan fingerprint density at radius 3 is 3.00 bits per heavy atom. The fraction of sp³-hybridized carbons (Fsp3) is 0.667. The van der Waals surface area contributed by atoms with E-state index in [1.54, 1.807) is 6.20 Å². The van der Waals surface area contributed by atoms with Crippen LogP contribution >= 0.6 is 0 Å². The average Bonchev–Trinajstić information content (AvgIpc) is 3.09. The summed E-state index contributed by atoms with van der Waals surface area (Å²) in [5.74, 6) is 0.733. The summed E-state index contributed by atoms with van der Waals surface area (Å²) in [6, 6.07) is 1.83. The number of hydrogen-bond donors (Lipinski definition) is 1. The van der Waals surface area contributed by atoms with Crippen molar-refractivity contribution in [3.05, 3.63) is 23.8 Å². The molecule has 3 rings (SSSR count). The third-order valence-electron chi connectivity index (χ3n) is 3.89. The lowest BCUT2D eigenvalue weighted by atomic mass is 10.2. The summed E-state index contributed by atoms with van der Waals surface area (Å²) in [4.78, 5) is 22.8. The number of nitrogens with zero attached hydrogens (tertiary/aromatic N) is 3. The van der Waals surface area contributed by atoms with Crippen molar-refractivity contribution in [1.82, 2.24) is 20.2 Å². The fourth-order valence-electron chi connectivity index (χ4n) is 2.66. The van der Waals surface area contributed by atoms with Gasteiger partial charge in [-0.1, -0.05) is 0 Å². The maximum Gasteiger partial charge on any atom is 0.234 e. The second-order valence-electron chi connectivity index (χ2n) is 5.57. The van der Waals surface area contributed by atoms with Crippen LogP contribution in [-0.2, 0) is 20.8 Å². The van der Waals surface area contributed by atoms with Crippen LogP contribution in [0.4, 0.5) is 0 Å². The third kappa shape index (κ3) is 4.22. The van der Waals surface area contributed by atoms with E-state index in [2.05, 4.69) is 20.2 Å². The summed E-state index contributed by atoms with van der Waals surface area (Å²) in [5.41, 5.74) is 0.816. The lowest BCUT2D eigenvalue weighted by Gasteiger charge is -2.25. The predicted molar refractivity (Wildman–Crippen MR) is 79.1 cm³/mol. The third-order valence-corrected chi connectivity index (χ3v) is 3.89. The Hall–Kier alpha value is -1.57. The molecule has 1 amide bonds. The van der Waals surface area contributed by atoms with Crippen molar-refractivity contribution >= 4 is 5.91 Å². The molecule has 1 N–H and O–H groups in total. The van der Waals surface area contributed by atoms with Crippen LogP contribution in [0.25, 0.3) is 0 Å². The van der Waals surface area contributed by atoms with Crippen LogP contribution in [0.1, 0.15) is 30.5 Å². The highest BCUT2D eigenvalue weighted by molar-refractivity contribution is 5.77. The van der Waals surface area contributed by atoms with E-state index in [1.165, 1.54) is 0 Å². The molecule has 1 unspecified atom stereocenters. The summed E-state index contributed by atoms with van der Waals surface area (Å²) in [7, 11) is 0. The van der Waals surface area contributed by atoms with Gasteiger partial charge in [0, 0.05) is 25.9 Å². The molecular weight excluding hydrogens is 284 g/mol. The van der Waals surface area contributed by atoms with Gasteiger partial charge >= 0.3 is 0 Å². The van der Waals surface area contributed by atoms with E-state index in [9.17, 15) is 4.79 Å². The van der Waals surface area contributed by atoms with Gasteiger partial charge in [-0.15, -0.1) is 0 Å². The van der Waals surface area contributed by atoms with E-state index < -0.39 is 0 Å². The van der Waals surface area contributed by atoms with Gasteiger partial charge in [-0.3, -0.25) is 9.69 Å². The number of rotatable bonds is 5. The molecule has 2 fully saturated rings. The molecule has 120 valence electrons. The minimum Gasteiger partial charge on any atom is -0.379 e. The van der Waals surface area contributed by atoms with Gasteiger partial charge in [0.2, 0.25) is 5.91 Å². The molecule has 0 aromatic carbocycles. The van der Waals surface area contributed by atoms with E-state index in [4.69, 9.17) is 9.47 Å². The largest absolute Gasteiger partial charge is 0.379 e. The van der Waals surface area contributed by atoms with Gasteiger partial charge < -0.3 is 14.8 Å². The molecule has 7 nitrogen and oxygen atoms in total. The number of aromatic nitrogens is 2. The number of hydrogen-bond acceptors (Lipinski definition) is 6. The monoisotopic (exact) mass is 306 g/mol. The Morgan fingerprint density at radius 2 is 2.23 bits per heavy atom. The number of ether oxygens (including phenoxy) is 2. The molecule has 0 radical (unpaired) electrons. The first-order valence-electron chi connectivity index (χ1n) is 7.81. The van der Waals surface area contributed by atoms with Crippen LogP contribution in [0.3, 0.4) is 0 Å². The first kappa shape index (κ1) is 15.3. The van der Waals surface area contributed by atoms with Crippen LogP contribution in [0.2, 0.25) is 0 Å². The molecule has 1 aromatic heterocycles. The standard InChI is InChI=1S/C15H22N4O3/c20-14(11-19-5-8-21-9-6-19)17-10-12-3-4-16-15(18-12)13-2-1-7-22-13/h3-4,13H,1-2,5-11H2,(H,17,20). The van der Waals surface area contributed by atoms with E-state index in [0.717, 1.165) is 44.1 Å². The van der Waals surface area contributed by atoms with E-state index >= 15 is 0 Å². The minimum atomic E-state index is 0.00371. The van der Waals surface area contributed by atoms with Crippen molar-refractivity contribution in [2.24, 2.45) is 0 Å². The highest BCUT2D eigenvalue weighted by atomic mass is 16.5. The van der Waals surface area contributed by atoms with Crippen LogP contribution in [0.15, 0.2) is 12.3 Å². The molecule has 2 aliphatic rings. The van der Waals surface area contributed by atoms with Gasteiger partial charge in [-0.2, -0.15) is 0 Å². The topological polar surface area (TPSA) is 76.6 Å². The molecule has 0 saturated carbocycles. The quantitative estimate of drug-likeness (QED) is 0.842. The number of nitrogens with one attached hydrogen (secondary N) is 1. The molecule has 2 aliphatic heterocycles. The SMILES string of the molecule is O=C(CN1CCOCC1)NCc1ccnc(C2CCCO2)n1. The molecule has 3 heterocycles. The fourth-order valence-corrected chi connectivity index (χ4v) is 2.66.